The van der Waals surface area contributed by atoms with E-state index in [4.69, 9.17) is 14.2 Å². The van der Waals surface area contributed by atoms with E-state index in [9.17, 15) is 0 Å². The molecule has 162 valence electrons. The molecular weight excluding hydrogens is 392 g/mol. The molecule has 1 heterocycles. The van der Waals surface area contributed by atoms with Gasteiger partial charge in [-0.05, 0) is 30.2 Å². The zero-order valence-corrected chi connectivity index (χ0v) is 18.3. The van der Waals surface area contributed by atoms with Gasteiger partial charge in [0, 0.05) is 25.9 Å². The molecule has 2 aromatic carbocycles. The Hall–Kier alpha value is -3.74. The Morgan fingerprint density at radius 2 is 1.68 bits per heavy atom. The third-order valence-electron chi connectivity index (χ3n) is 4.72. The molecule has 3 aromatic rings. The number of ether oxygens (including phenoxy) is 3. The van der Waals surface area contributed by atoms with Crippen LogP contribution < -0.4 is 24.8 Å². The van der Waals surface area contributed by atoms with E-state index in [-0.39, 0.29) is 6.04 Å². The maximum atomic E-state index is 5.91. The molecule has 0 saturated carbocycles. The number of methoxy groups -OCH3 is 2. The minimum atomic E-state index is 0.136. The van der Waals surface area contributed by atoms with Crippen molar-refractivity contribution in [2.24, 2.45) is 4.99 Å². The van der Waals surface area contributed by atoms with Crippen LogP contribution in [0.25, 0.3) is 0 Å². The molecule has 1 unspecified atom stereocenters. The van der Waals surface area contributed by atoms with E-state index in [2.05, 4.69) is 39.7 Å². The fourth-order valence-corrected chi connectivity index (χ4v) is 3.01. The summed E-state index contributed by atoms with van der Waals surface area (Å²) in [7, 11) is 4.93. The summed E-state index contributed by atoms with van der Waals surface area (Å²) in [6, 6.07) is 19.6. The van der Waals surface area contributed by atoms with Crippen LogP contribution in [-0.4, -0.2) is 32.2 Å². The van der Waals surface area contributed by atoms with Crippen molar-refractivity contribution in [1.29, 1.82) is 0 Å². The van der Waals surface area contributed by atoms with Crippen molar-refractivity contribution in [3.05, 3.63) is 78.0 Å². The number of aromatic nitrogens is 1. The molecule has 0 spiro atoms. The zero-order chi connectivity index (χ0) is 22.1. The van der Waals surface area contributed by atoms with E-state index in [0.29, 0.717) is 29.7 Å². The lowest BCUT2D eigenvalue weighted by Gasteiger charge is -2.18. The van der Waals surface area contributed by atoms with E-state index in [1.807, 2.05) is 48.5 Å². The Balaban J connectivity index is 1.59. The standard InChI is InChI=1S/C24H28N4O3/c1-17(19-9-6-5-7-10-19)28-24(25-2)27-16-18-13-14-22(26-15-18)31-23-20(29-3)11-8-12-21(23)30-4/h5-15,17H,16H2,1-4H3,(H2,25,27,28). The minimum Gasteiger partial charge on any atom is -0.493 e. The van der Waals surface area contributed by atoms with Gasteiger partial charge in [0.15, 0.2) is 17.5 Å². The summed E-state index contributed by atoms with van der Waals surface area (Å²) >= 11 is 0. The average Bonchev–Trinajstić information content (AvgIpc) is 2.83. The first-order valence-electron chi connectivity index (χ1n) is 10.0. The summed E-state index contributed by atoms with van der Waals surface area (Å²) in [6.45, 7) is 2.68. The van der Waals surface area contributed by atoms with E-state index in [0.717, 1.165) is 11.5 Å². The Bertz CT molecular complexity index is 969. The first kappa shape index (κ1) is 22.0. The molecule has 0 saturated heterocycles. The van der Waals surface area contributed by atoms with Crippen molar-refractivity contribution in [1.82, 2.24) is 15.6 Å². The molecule has 0 radical (unpaired) electrons. The lowest BCUT2D eigenvalue weighted by atomic mass is 10.1. The third kappa shape index (κ3) is 5.88. The smallest absolute Gasteiger partial charge is 0.219 e. The molecule has 2 N–H and O–H groups in total. The van der Waals surface area contributed by atoms with Gasteiger partial charge in [-0.25, -0.2) is 4.98 Å². The lowest BCUT2D eigenvalue weighted by molar-refractivity contribution is 0.342. The predicted molar refractivity (Wildman–Crippen MR) is 122 cm³/mol. The quantitative estimate of drug-likeness (QED) is 0.418. The third-order valence-corrected chi connectivity index (χ3v) is 4.72. The molecule has 0 aliphatic carbocycles. The van der Waals surface area contributed by atoms with E-state index in [1.54, 1.807) is 27.5 Å². The zero-order valence-electron chi connectivity index (χ0n) is 18.3. The van der Waals surface area contributed by atoms with Crippen LogP contribution in [0.15, 0.2) is 71.9 Å². The second kappa shape index (κ2) is 10.9. The van der Waals surface area contributed by atoms with Gasteiger partial charge in [0.05, 0.1) is 20.3 Å². The highest BCUT2D eigenvalue weighted by Gasteiger charge is 2.13. The van der Waals surface area contributed by atoms with Crippen molar-refractivity contribution < 1.29 is 14.2 Å². The fourth-order valence-electron chi connectivity index (χ4n) is 3.01. The molecule has 0 aliphatic rings. The first-order valence-corrected chi connectivity index (χ1v) is 10.0. The van der Waals surface area contributed by atoms with Gasteiger partial charge in [-0.15, -0.1) is 0 Å². The maximum absolute atomic E-state index is 5.91. The van der Waals surface area contributed by atoms with Gasteiger partial charge in [0.1, 0.15) is 0 Å². The van der Waals surface area contributed by atoms with Crippen LogP contribution in [0.3, 0.4) is 0 Å². The van der Waals surface area contributed by atoms with Crippen LogP contribution in [0.1, 0.15) is 24.1 Å². The Morgan fingerprint density at radius 1 is 0.968 bits per heavy atom. The molecule has 3 rings (SSSR count). The van der Waals surface area contributed by atoms with Crippen LogP contribution >= 0.6 is 0 Å². The number of hydrogen-bond acceptors (Lipinski definition) is 5. The summed E-state index contributed by atoms with van der Waals surface area (Å²) in [4.78, 5) is 8.71. The average molecular weight is 421 g/mol. The normalized spacial score (nSPS) is 12.1. The summed E-state index contributed by atoms with van der Waals surface area (Å²) in [5, 5.41) is 6.70. The van der Waals surface area contributed by atoms with Gasteiger partial charge < -0.3 is 24.8 Å². The number of nitrogens with one attached hydrogen (secondary N) is 2. The van der Waals surface area contributed by atoms with Crippen molar-refractivity contribution >= 4 is 5.96 Å². The number of benzene rings is 2. The van der Waals surface area contributed by atoms with Crippen LogP contribution in [0, 0.1) is 0 Å². The topological polar surface area (TPSA) is 77.0 Å². The molecule has 7 heteroatoms. The highest BCUT2D eigenvalue weighted by atomic mass is 16.5. The summed E-state index contributed by atoms with van der Waals surface area (Å²) in [5.41, 5.74) is 2.19. The predicted octanol–water partition coefficient (Wildman–Crippen LogP) is 4.32. The number of aliphatic imine (C=N–C) groups is 1. The maximum Gasteiger partial charge on any atom is 0.219 e. The SMILES string of the molecule is CN=C(NCc1ccc(Oc2c(OC)cccc2OC)nc1)NC(C)c1ccccc1. The van der Waals surface area contributed by atoms with Crippen molar-refractivity contribution in [2.45, 2.75) is 19.5 Å². The molecule has 31 heavy (non-hydrogen) atoms. The molecule has 0 bridgehead atoms. The molecule has 0 aliphatic heterocycles. The van der Waals surface area contributed by atoms with Gasteiger partial charge in [-0.3, -0.25) is 4.99 Å². The molecule has 0 fully saturated rings. The van der Waals surface area contributed by atoms with Crippen molar-refractivity contribution in [3.8, 4) is 23.1 Å². The van der Waals surface area contributed by atoms with E-state index < -0.39 is 0 Å². The van der Waals surface area contributed by atoms with Crippen LogP contribution in [0.5, 0.6) is 23.1 Å². The minimum absolute atomic E-state index is 0.136. The highest BCUT2D eigenvalue weighted by molar-refractivity contribution is 5.80. The Kier molecular flexibility index (Phi) is 7.70. The van der Waals surface area contributed by atoms with Gasteiger partial charge >= 0.3 is 0 Å². The number of guanidine groups is 1. The largest absolute Gasteiger partial charge is 0.493 e. The number of nitrogens with zero attached hydrogens (tertiary/aromatic N) is 2. The molecule has 1 aromatic heterocycles. The fraction of sp³-hybridized carbons (Fsp3) is 0.250. The van der Waals surface area contributed by atoms with Crippen LogP contribution in [0.4, 0.5) is 0 Å². The summed E-state index contributed by atoms with van der Waals surface area (Å²) in [5.74, 6) is 2.82. The number of para-hydroxylation sites is 1. The molecule has 7 nitrogen and oxygen atoms in total. The summed E-state index contributed by atoms with van der Waals surface area (Å²) < 4.78 is 16.6. The van der Waals surface area contributed by atoms with Gasteiger partial charge in [-0.2, -0.15) is 0 Å². The second-order valence-electron chi connectivity index (χ2n) is 6.80. The molecule has 1 atom stereocenters. The number of hydrogen-bond donors (Lipinski definition) is 2. The van der Waals surface area contributed by atoms with E-state index in [1.165, 1.54) is 5.56 Å². The number of rotatable bonds is 8. The van der Waals surface area contributed by atoms with Crippen molar-refractivity contribution in [3.63, 3.8) is 0 Å². The van der Waals surface area contributed by atoms with Gasteiger partial charge in [0.2, 0.25) is 11.6 Å². The van der Waals surface area contributed by atoms with Gasteiger partial charge in [0.25, 0.3) is 0 Å². The number of pyridine rings is 1. The van der Waals surface area contributed by atoms with Crippen LogP contribution in [-0.2, 0) is 6.54 Å². The van der Waals surface area contributed by atoms with E-state index >= 15 is 0 Å². The lowest BCUT2D eigenvalue weighted by Crippen LogP contribution is -2.38. The van der Waals surface area contributed by atoms with Crippen molar-refractivity contribution in [2.75, 3.05) is 21.3 Å². The monoisotopic (exact) mass is 420 g/mol. The highest BCUT2D eigenvalue weighted by Crippen LogP contribution is 2.39. The first-order chi connectivity index (χ1) is 15.1. The Labute approximate surface area is 183 Å². The Morgan fingerprint density at radius 3 is 2.26 bits per heavy atom. The van der Waals surface area contributed by atoms with Gasteiger partial charge in [-0.1, -0.05) is 42.5 Å². The molecular formula is C24H28N4O3. The summed E-state index contributed by atoms with van der Waals surface area (Å²) in [6.07, 6.45) is 1.76. The molecule has 0 amide bonds. The second-order valence-corrected chi connectivity index (χ2v) is 6.80. The van der Waals surface area contributed by atoms with Crippen LogP contribution in [0.2, 0.25) is 0 Å².